The first-order chi connectivity index (χ1) is 15.9. The summed E-state index contributed by atoms with van der Waals surface area (Å²) in [6.45, 7) is 0.373. The predicted octanol–water partition coefficient (Wildman–Crippen LogP) is 7.13. The molecule has 0 bridgehead atoms. The lowest BCUT2D eigenvalue weighted by Gasteiger charge is -2.11. The van der Waals surface area contributed by atoms with E-state index in [2.05, 4.69) is 10.3 Å². The van der Waals surface area contributed by atoms with Crippen molar-refractivity contribution in [2.24, 2.45) is 4.99 Å². The van der Waals surface area contributed by atoms with Crippen LogP contribution in [0.15, 0.2) is 70.6 Å². The van der Waals surface area contributed by atoms with Crippen LogP contribution in [0.4, 0.5) is 5.69 Å². The summed E-state index contributed by atoms with van der Waals surface area (Å²) in [5.41, 5.74) is 2.25. The van der Waals surface area contributed by atoms with Crippen molar-refractivity contribution in [3.8, 4) is 11.5 Å². The van der Waals surface area contributed by atoms with Gasteiger partial charge in [-0.3, -0.25) is 4.79 Å². The van der Waals surface area contributed by atoms with Gasteiger partial charge in [-0.2, -0.15) is 0 Å². The van der Waals surface area contributed by atoms with E-state index in [9.17, 15) is 4.79 Å². The molecule has 0 aliphatic carbocycles. The molecule has 1 fully saturated rings. The van der Waals surface area contributed by atoms with Crippen molar-refractivity contribution < 1.29 is 14.3 Å². The van der Waals surface area contributed by atoms with Gasteiger partial charge in [-0.25, -0.2) is 4.99 Å². The average Bonchev–Trinajstić information content (AvgIpc) is 3.15. The van der Waals surface area contributed by atoms with E-state index in [0.717, 1.165) is 11.1 Å². The number of nitrogens with zero attached hydrogens (tertiary/aromatic N) is 1. The third-order valence-electron chi connectivity index (χ3n) is 4.60. The van der Waals surface area contributed by atoms with Crippen LogP contribution in [0.2, 0.25) is 15.1 Å². The van der Waals surface area contributed by atoms with E-state index in [0.29, 0.717) is 48.9 Å². The summed E-state index contributed by atoms with van der Waals surface area (Å²) in [5.74, 6) is 0.899. The summed E-state index contributed by atoms with van der Waals surface area (Å²) >= 11 is 19.4. The van der Waals surface area contributed by atoms with Crippen LogP contribution in [0.1, 0.15) is 11.1 Å². The average molecular weight is 520 g/mol. The second kappa shape index (κ2) is 10.5. The van der Waals surface area contributed by atoms with Gasteiger partial charge in [0.1, 0.15) is 6.61 Å². The molecule has 0 unspecified atom stereocenters. The number of thioether (sulfide) groups is 1. The molecule has 0 atom stereocenters. The van der Waals surface area contributed by atoms with Crippen LogP contribution in [-0.2, 0) is 11.4 Å². The number of halogens is 3. The van der Waals surface area contributed by atoms with Gasteiger partial charge >= 0.3 is 0 Å². The minimum atomic E-state index is -0.251. The standard InChI is InChI=1S/C24H17Cl3N2O3S/c1-31-20-11-15(7-10-19(20)32-13-14-5-8-16(25)9-6-14)12-21-23(30)29-24(33-21)28-18-4-2-3-17(26)22(18)27/h2-12H,13H2,1H3,(H,28,29,30)/b21-12+. The van der Waals surface area contributed by atoms with Crippen molar-refractivity contribution in [3.05, 3.63) is 91.8 Å². The van der Waals surface area contributed by atoms with Gasteiger partial charge < -0.3 is 14.8 Å². The van der Waals surface area contributed by atoms with Crippen molar-refractivity contribution in [2.75, 3.05) is 7.11 Å². The van der Waals surface area contributed by atoms with E-state index in [-0.39, 0.29) is 5.91 Å². The summed E-state index contributed by atoms with van der Waals surface area (Å²) in [5, 5.41) is 4.56. The van der Waals surface area contributed by atoms with Crippen LogP contribution in [0.25, 0.3) is 6.08 Å². The number of methoxy groups -OCH3 is 1. The molecular weight excluding hydrogens is 503 g/mol. The molecule has 0 radical (unpaired) electrons. The zero-order valence-corrected chi connectivity index (χ0v) is 20.4. The van der Waals surface area contributed by atoms with E-state index in [1.807, 2.05) is 30.3 Å². The molecule has 1 N–H and O–H groups in total. The lowest BCUT2D eigenvalue weighted by Crippen LogP contribution is -2.19. The minimum Gasteiger partial charge on any atom is -0.493 e. The van der Waals surface area contributed by atoms with Crippen molar-refractivity contribution in [1.29, 1.82) is 0 Å². The Hall–Kier alpha value is -2.64. The highest BCUT2D eigenvalue weighted by atomic mass is 35.5. The highest BCUT2D eigenvalue weighted by Crippen LogP contribution is 2.35. The Labute approximate surface area is 210 Å². The number of hydrogen-bond donors (Lipinski definition) is 1. The van der Waals surface area contributed by atoms with Gasteiger partial charge in [0.05, 0.1) is 27.7 Å². The fraction of sp³-hybridized carbons (Fsp3) is 0.0833. The van der Waals surface area contributed by atoms with Crippen LogP contribution in [0, 0.1) is 0 Å². The Balaban J connectivity index is 1.50. The molecule has 0 aromatic heterocycles. The molecule has 1 amide bonds. The Kier molecular flexibility index (Phi) is 7.50. The van der Waals surface area contributed by atoms with E-state index in [1.54, 1.807) is 43.5 Å². The molecule has 9 heteroatoms. The number of aliphatic imine (C=N–C) groups is 1. The number of amidine groups is 1. The molecule has 1 aliphatic rings. The highest BCUT2D eigenvalue weighted by molar-refractivity contribution is 8.18. The maximum Gasteiger partial charge on any atom is 0.264 e. The number of carbonyl (C=O) groups excluding carboxylic acids is 1. The molecule has 1 heterocycles. The summed E-state index contributed by atoms with van der Waals surface area (Å²) < 4.78 is 11.4. The van der Waals surface area contributed by atoms with Crippen LogP contribution in [0.5, 0.6) is 11.5 Å². The molecule has 3 aromatic carbocycles. The number of ether oxygens (including phenoxy) is 2. The lowest BCUT2D eigenvalue weighted by molar-refractivity contribution is -0.115. The molecule has 0 saturated carbocycles. The maximum absolute atomic E-state index is 12.4. The molecule has 33 heavy (non-hydrogen) atoms. The number of carbonyl (C=O) groups is 1. The predicted molar refractivity (Wildman–Crippen MR) is 136 cm³/mol. The number of benzene rings is 3. The first-order valence-electron chi connectivity index (χ1n) is 9.72. The Bertz CT molecular complexity index is 1260. The maximum atomic E-state index is 12.4. The van der Waals surface area contributed by atoms with Crippen molar-refractivity contribution in [2.45, 2.75) is 6.61 Å². The molecule has 4 rings (SSSR count). The molecule has 1 aliphatic heterocycles. The second-order valence-corrected chi connectivity index (χ2v) is 9.13. The molecular formula is C24H17Cl3N2O3S. The molecule has 1 saturated heterocycles. The zero-order chi connectivity index (χ0) is 23.4. The largest absolute Gasteiger partial charge is 0.493 e. The molecule has 5 nitrogen and oxygen atoms in total. The molecule has 0 spiro atoms. The van der Waals surface area contributed by atoms with Gasteiger partial charge in [-0.1, -0.05) is 59.1 Å². The Morgan fingerprint density at radius 1 is 1.03 bits per heavy atom. The van der Waals surface area contributed by atoms with Crippen molar-refractivity contribution in [3.63, 3.8) is 0 Å². The molecule has 3 aromatic rings. The monoisotopic (exact) mass is 518 g/mol. The summed E-state index contributed by atoms with van der Waals surface area (Å²) in [6, 6.07) is 18.0. The van der Waals surface area contributed by atoms with Gasteiger partial charge in [0.2, 0.25) is 0 Å². The van der Waals surface area contributed by atoms with Crippen LogP contribution < -0.4 is 14.8 Å². The van der Waals surface area contributed by atoms with Gasteiger partial charge in [0, 0.05) is 5.02 Å². The Morgan fingerprint density at radius 2 is 1.82 bits per heavy atom. The van der Waals surface area contributed by atoms with Gasteiger partial charge in [-0.05, 0) is 65.4 Å². The topological polar surface area (TPSA) is 59.9 Å². The SMILES string of the molecule is COc1cc(/C=C2/SC(=Nc3cccc(Cl)c3Cl)NC2=O)ccc1OCc1ccc(Cl)cc1. The van der Waals surface area contributed by atoms with Crippen molar-refractivity contribution in [1.82, 2.24) is 5.32 Å². The van der Waals surface area contributed by atoms with Gasteiger partial charge in [0.25, 0.3) is 5.91 Å². The fourth-order valence-electron chi connectivity index (χ4n) is 2.95. The smallest absolute Gasteiger partial charge is 0.264 e. The van der Waals surface area contributed by atoms with Gasteiger partial charge in [-0.15, -0.1) is 0 Å². The minimum absolute atomic E-state index is 0.251. The van der Waals surface area contributed by atoms with Gasteiger partial charge in [0.15, 0.2) is 16.7 Å². The Morgan fingerprint density at radius 3 is 2.58 bits per heavy atom. The third kappa shape index (κ3) is 5.84. The third-order valence-corrected chi connectivity index (χ3v) is 6.57. The summed E-state index contributed by atoms with van der Waals surface area (Å²) in [4.78, 5) is 17.3. The zero-order valence-electron chi connectivity index (χ0n) is 17.3. The number of amides is 1. The van der Waals surface area contributed by atoms with E-state index in [1.165, 1.54) is 11.8 Å². The normalized spacial score (nSPS) is 15.7. The summed E-state index contributed by atoms with van der Waals surface area (Å²) in [6.07, 6.45) is 1.76. The van der Waals surface area contributed by atoms with Crippen LogP contribution >= 0.6 is 46.6 Å². The second-order valence-electron chi connectivity index (χ2n) is 6.88. The van der Waals surface area contributed by atoms with Crippen LogP contribution in [0.3, 0.4) is 0 Å². The first-order valence-corrected chi connectivity index (χ1v) is 11.7. The van der Waals surface area contributed by atoms with E-state index >= 15 is 0 Å². The lowest BCUT2D eigenvalue weighted by atomic mass is 10.2. The highest BCUT2D eigenvalue weighted by Gasteiger charge is 2.24. The first kappa shape index (κ1) is 23.5. The van der Waals surface area contributed by atoms with Crippen LogP contribution in [-0.4, -0.2) is 18.2 Å². The fourth-order valence-corrected chi connectivity index (χ4v) is 4.25. The van der Waals surface area contributed by atoms with E-state index < -0.39 is 0 Å². The number of nitrogens with one attached hydrogen (secondary N) is 1. The van der Waals surface area contributed by atoms with E-state index in [4.69, 9.17) is 44.3 Å². The van der Waals surface area contributed by atoms with Crippen molar-refractivity contribution >= 4 is 69.4 Å². The number of rotatable bonds is 6. The summed E-state index contributed by atoms with van der Waals surface area (Å²) in [7, 11) is 1.57. The number of hydrogen-bond acceptors (Lipinski definition) is 5. The molecule has 168 valence electrons. The quantitative estimate of drug-likeness (QED) is 0.352.